The summed E-state index contributed by atoms with van der Waals surface area (Å²) in [7, 11) is 0. The number of fused-ring (bicyclic) bond motifs is 1. The number of rotatable bonds is 3. The predicted molar refractivity (Wildman–Crippen MR) is 96.9 cm³/mol. The minimum atomic E-state index is -0.288. The Morgan fingerprint density at radius 1 is 1.08 bits per heavy atom. The molecular weight excluding hydrogens is 312 g/mol. The maximum absolute atomic E-state index is 12.7. The van der Waals surface area contributed by atoms with Gasteiger partial charge in [0.2, 0.25) is 0 Å². The smallest absolute Gasteiger partial charge is 0.274 e. The third-order valence-electron chi connectivity index (χ3n) is 4.52. The van der Waals surface area contributed by atoms with E-state index in [-0.39, 0.29) is 23.5 Å². The summed E-state index contributed by atoms with van der Waals surface area (Å²) in [6, 6.07) is 17.8. The number of carbonyl (C=O) groups excluding carboxylic acids is 1. The van der Waals surface area contributed by atoms with Gasteiger partial charge in [-0.25, -0.2) is 9.97 Å². The van der Waals surface area contributed by atoms with Gasteiger partial charge in [0.15, 0.2) is 11.5 Å². The fourth-order valence-corrected chi connectivity index (χ4v) is 3.25. The molecular formula is C20H18N4O. The summed E-state index contributed by atoms with van der Waals surface area (Å²) >= 11 is 0. The normalized spacial score (nSPS) is 15.6. The number of carbonyl (C=O) groups is 1. The molecule has 0 saturated heterocycles. The number of nitrogens with two attached hydrogens (primary N) is 1. The highest BCUT2D eigenvalue weighted by Gasteiger charge is 2.25. The van der Waals surface area contributed by atoms with Crippen LogP contribution in [0.3, 0.4) is 0 Å². The topological polar surface area (TPSA) is 80.9 Å². The molecule has 0 spiro atoms. The van der Waals surface area contributed by atoms with Crippen LogP contribution in [0.25, 0.3) is 11.3 Å². The number of hydrogen-bond acceptors (Lipinski definition) is 4. The van der Waals surface area contributed by atoms with Crippen LogP contribution < -0.4 is 11.1 Å². The van der Waals surface area contributed by atoms with Gasteiger partial charge < -0.3 is 11.1 Å². The molecule has 0 radical (unpaired) electrons. The Hall–Kier alpha value is -3.21. The van der Waals surface area contributed by atoms with Crippen LogP contribution in [0.1, 0.15) is 34.1 Å². The lowest BCUT2D eigenvalue weighted by Gasteiger charge is -2.14. The van der Waals surface area contributed by atoms with Crippen molar-refractivity contribution in [2.45, 2.75) is 18.9 Å². The predicted octanol–water partition coefficient (Wildman–Crippen LogP) is 3.14. The van der Waals surface area contributed by atoms with Crippen LogP contribution in [-0.2, 0) is 6.42 Å². The molecule has 0 unspecified atom stereocenters. The number of amides is 1. The van der Waals surface area contributed by atoms with Crippen LogP contribution in [0.2, 0.25) is 0 Å². The minimum Gasteiger partial charge on any atom is -0.382 e. The summed E-state index contributed by atoms with van der Waals surface area (Å²) in [5, 5.41) is 3.05. The Morgan fingerprint density at radius 2 is 1.84 bits per heavy atom. The van der Waals surface area contributed by atoms with Gasteiger partial charge in [-0.1, -0.05) is 54.6 Å². The quantitative estimate of drug-likeness (QED) is 0.773. The molecule has 1 aromatic heterocycles. The lowest BCUT2D eigenvalue weighted by molar-refractivity contribution is 0.0932. The van der Waals surface area contributed by atoms with Crippen LogP contribution in [0, 0.1) is 0 Å². The monoisotopic (exact) mass is 330 g/mol. The molecule has 5 heteroatoms. The van der Waals surface area contributed by atoms with Gasteiger partial charge in [-0.3, -0.25) is 4.79 Å². The molecule has 2 aromatic carbocycles. The van der Waals surface area contributed by atoms with Crippen molar-refractivity contribution in [3.8, 4) is 11.3 Å². The zero-order chi connectivity index (χ0) is 17.2. The van der Waals surface area contributed by atoms with Crippen molar-refractivity contribution in [2.75, 3.05) is 5.73 Å². The maximum atomic E-state index is 12.7. The molecule has 0 aliphatic heterocycles. The first kappa shape index (κ1) is 15.3. The molecule has 1 aliphatic carbocycles. The Bertz CT molecular complexity index is 924. The SMILES string of the molecule is Nc1ncc(-c2ccccc2)nc1C(=O)N[C@H]1CCc2ccccc21. The van der Waals surface area contributed by atoms with E-state index < -0.39 is 0 Å². The molecule has 25 heavy (non-hydrogen) atoms. The second-order valence-corrected chi connectivity index (χ2v) is 6.12. The average Bonchev–Trinajstić information content (AvgIpc) is 3.06. The number of nitrogen functional groups attached to an aromatic ring is 1. The Morgan fingerprint density at radius 3 is 2.68 bits per heavy atom. The molecule has 5 nitrogen and oxygen atoms in total. The van der Waals surface area contributed by atoms with Gasteiger partial charge in [-0.2, -0.15) is 0 Å². The highest BCUT2D eigenvalue weighted by molar-refractivity contribution is 5.97. The zero-order valence-electron chi connectivity index (χ0n) is 13.6. The van der Waals surface area contributed by atoms with Crippen LogP contribution in [0.5, 0.6) is 0 Å². The Kier molecular flexibility index (Phi) is 3.90. The fourth-order valence-electron chi connectivity index (χ4n) is 3.25. The summed E-state index contributed by atoms with van der Waals surface area (Å²) in [5.74, 6) is -0.145. The van der Waals surface area contributed by atoms with Crippen LogP contribution in [-0.4, -0.2) is 15.9 Å². The summed E-state index contributed by atoms with van der Waals surface area (Å²) < 4.78 is 0. The van der Waals surface area contributed by atoms with Crippen molar-refractivity contribution < 1.29 is 4.79 Å². The number of hydrogen-bond donors (Lipinski definition) is 2. The molecule has 124 valence electrons. The highest BCUT2D eigenvalue weighted by Crippen LogP contribution is 2.31. The van der Waals surface area contributed by atoms with Crippen molar-refractivity contribution in [3.63, 3.8) is 0 Å². The van der Waals surface area contributed by atoms with Gasteiger partial charge in [0, 0.05) is 5.56 Å². The van der Waals surface area contributed by atoms with Gasteiger partial charge in [0.05, 0.1) is 17.9 Å². The summed E-state index contributed by atoms with van der Waals surface area (Å²) in [6.45, 7) is 0. The van der Waals surface area contributed by atoms with Crippen molar-refractivity contribution in [1.29, 1.82) is 0 Å². The van der Waals surface area contributed by atoms with E-state index in [2.05, 4.69) is 27.4 Å². The molecule has 1 atom stereocenters. The number of aryl methyl sites for hydroxylation is 1. The average molecular weight is 330 g/mol. The van der Waals surface area contributed by atoms with E-state index in [0.29, 0.717) is 5.69 Å². The molecule has 0 saturated carbocycles. The Labute approximate surface area is 145 Å². The van der Waals surface area contributed by atoms with E-state index in [1.165, 1.54) is 11.1 Å². The zero-order valence-corrected chi connectivity index (χ0v) is 13.6. The van der Waals surface area contributed by atoms with Gasteiger partial charge in [-0.05, 0) is 24.0 Å². The van der Waals surface area contributed by atoms with E-state index in [1.54, 1.807) is 6.20 Å². The van der Waals surface area contributed by atoms with Crippen LogP contribution >= 0.6 is 0 Å². The molecule has 1 aliphatic rings. The van der Waals surface area contributed by atoms with Gasteiger partial charge in [-0.15, -0.1) is 0 Å². The third kappa shape index (κ3) is 2.96. The number of benzene rings is 2. The highest BCUT2D eigenvalue weighted by atomic mass is 16.2. The first-order valence-electron chi connectivity index (χ1n) is 8.29. The van der Waals surface area contributed by atoms with Crippen molar-refractivity contribution in [1.82, 2.24) is 15.3 Å². The molecule has 3 aromatic rings. The molecule has 1 amide bonds. The van der Waals surface area contributed by atoms with Gasteiger partial charge in [0.25, 0.3) is 5.91 Å². The summed E-state index contributed by atoms with van der Waals surface area (Å²) in [4.78, 5) is 21.3. The molecule has 0 bridgehead atoms. The van der Waals surface area contributed by atoms with Crippen molar-refractivity contribution >= 4 is 11.7 Å². The fraction of sp³-hybridized carbons (Fsp3) is 0.150. The first-order chi connectivity index (χ1) is 12.2. The van der Waals surface area contributed by atoms with E-state index in [0.717, 1.165) is 18.4 Å². The third-order valence-corrected chi connectivity index (χ3v) is 4.52. The Balaban J connectivity index is 1.61. The standard InChI is InChI=1S/C20H18N4O/c21-19-18(23-17(12-22-19)14-7-2-1-3-8-14)20(25)24-16-11-10-13-6-4-5-9-15(13)16/h1-9,12,16H,10-11H2,(H2,21,22)(H,24,25)/t16-/m0/s1. The summed E-state index contributed by atoms with van der Waals surface area (Å²) in [6.07, 6.45) is 3.44. The first-order valence-corrected chi connectivity index (χ1v) is 8.29. The molecule has 4 rings (SSSR count). The lowest BCUT2D eigenvalue weighted by atomic mass is 10.1. The number of aromatic nitrogens is 2. The molecule has 0 fully saturated rings. The second kappa shape index (κ2) is 6.36. The van der Waals surface area contributed by atoms with Gasteiger partial charge in [0.1, 0.15) is 0 Å². The van der Waals surface area contributed by atoms with E-state index >= 15 is 0 Å². The molecule has 1 heterocycles. The molecule has 3 N–H and O–H groups in total. The number of nitrogens with one attached hydrogen (secondary N) is 1. The van der Waals surface area contributed by atoms with Crippen molar-refractivity contribution in [2.24, 2.45) is 0 Å². The van der Waals surface area contributed by atoms with E-state index in [9.17, 15) is 4.79 Å². The van der Waals surface area contributed by atoms with Crippen LogP contribution in [0.4, 0.5) is 5.82 Å². The number of nitrogens with zero attached hydrogens (tertiary/aromatic N) is 2. The number of anilines is 1. The second-order valence-electron chi connectivity index (χ2n) is 6.12. The van der Waals surface area contributed by atoms with E-state index in [1.807, 2.05) is 42.5 Å². The summed E-state index contributed by atoms with van der Waals surface area (Å²) in [5.41, 5.74) is 10.1. The lowest BCUT2D eigenvalue weighted by Crippen LogP contribution is -2.29. The minimum absolute atomic E-state index is 0.00900. The van der Waals surface area contributed by atoms with Gasteiger partial charge >= 0.3 is 0 Å². The largest absolute Gasteiger partial charge is 0.382 e. The van der Waals surface area contributed by atoms with E-state index in [4.69, 9.17) is 5.73 Å². The van der Waals surface area contributed by atoms with Crippen molar-refractivity contribution in [3.05, 3.63) is 77.6 Å². The maximum Gasteiger partial charge on any atom is 0.274 e. The van der Waals surface area contributed by atoms with Crippen LogP contribution in [0.15, 0.2) is 60.8 Å².